The number of nitrogens with two attached hydrogens (primary N) is 1. The number of fused-ring (bicyclic) bond motifs is 1. The summed E-state index contributed by atoms with van der Waals surface area (Å²) in [4.78, 5) is 43.8. The number of hydrogen-bond acceptors (Lipinski definition) is 7. The van der Waals surface area contributed by atoms with Crippen LogP contribution in [0.3, 0.4) is 0 Å². The Morgan fingerprint density at radius 1 is 1.33 bits per heavy atom. The Balaban J connectivity index is 1.57. The number of nitrogens with zero attached hydrogens (tertiary/aromatic N) is 2. The number of rotatable bonds is 8. The summed E-state index contributed by atoms with van der Waals surface area (Å²) in [6, 6.07) is 6.37. The number of amides is 2. The van der Waals surface area contributed by atoms with Gasteiger partial charge >= 0.3 is 0 Å². The molecule has 1 saturated heterocycles. The van der Waals surface area contributed by atoms with Crippen LogP contribution >= 0.6 is 23.1 Å². The fourth-order valence-corrected chi connectivity index (χ4v) is 5.93. The Morgan fingerprint density at radius 3 is 2.73 bits per heavy atom. The molecule has 1 aliphatic heterocycles. The van der Waals surface area contributed by atoms with Gasteiger partial charge in [0.1, 0.15) is 4.83 Å². The summed E-state index contributed by atoms with van der Waals surface area (Å²) < 4.78 is 7.44. The van der Waals surface area contributed by atoms with Gasteiger partial charge in [0.25, 0.3) is 5.56 Å². The second kappa shape index (κ2) is 10.1. The van der Waals surface area contributed by atoms with Crippen molar-refractivity contribution in [2.24, 2.45) is 5.73 Å². The van der Waals surface area contributed by atoms with Crippen LogP contribution in [0.5, 0.6) is 0 Å². The third-order valence-corrected chi connectivity index (χ3v) is 7.64. The van der Waals surface area contributed by atoms with Gasteiger partial charge in [-0.1, -0.05) is 18.7 Å². The monoisotopic (exact) mass is 486 g/mol. The van der Waals surface area contributed by atoms with Gasteiger partial charge in [-0.05, 0) is 56.0 Å². The van der Waals surface area contributed by atoms with E-state index in [0.717, 1.165) is 29.7 Å². The van der Waals surface area contributed by atoms with Crippen molar-refractivity contribution < 1.29 is 14.3 Å². The number of carbonyl (C=O) groups is 2. The molecule has 1 atom stereocenters. The average molecular weight is 487 g/mol. The number of primary amides is 1. The SMILES string of the molecule is CCc1c(C)sc2nc(SCC(=O)Nc3ccc(C(N)=O)cc3)n(CC3CCCO3)c(=O)c12. The van der Waals surface area contributed by atoms with Crippen molar-refractivity contribution in [2.75, 3.05) is 17.7 Å². The first-order valence-electron chi connectivity index (χ1n) is 10.8. The molecule has 0 spiro atoms. The van der Waals surface area contributed by atoms with E-state index in [0.29, 0.717) is 39.8 Å². The van der Waals surface area contributed by atoms with Gasteiger partial charge in [0.2, 0.25) is 11.8 Å². The topological polar surface area (TPSA) is 116 Å². The lowest BCUT2D eigenvalue weighted by Gasteiger charge is -2.16. The van der Waals surface area contributed by atoms with Crippen molar-refractivity contribution in [1.29, 1.82) is 0 Å². The van der Waals surface area contributed by atoms with Gasteiger partial charge in [0, 0.05) is 22.7 Å². The molecule has 8 nitrogen and oxygen atoms in total. The molecule has 1 unspecified atom stereocenters. The lowest BCUT2D eigenvalue weighted by Crippen LogP contribution is -2.29. The van der Waals surface area contributed by atoms with Crippen molar-refractivity contribution in [3.63, 3.8) is 0 Å². The number of anilines is 1. The van der Waals surface area contributed by atoms with Crippen LogP contribution in [0.4, 0.5) is 5.69 Å². The quantitative estimate of drug-likeness (QED) is 0.373. The summed E-state index contributed by atoms with van der Waals surface area (Å²) in [7, 11) is 0. The van der Waals surface area contributed by atoms with Gasteiger partial charge < -0.3 is 15.8 Å². The van der Waals surface area contributed by atoms with Gasteiger partial charge in [-0.3, -0.25) is 19.0 Å². The van der Waals surface area contributed by atoms with Crippen LogP contribution in [0.25, 0.3) is 10.2 Å². The Bertz CT molecular complexity index is 1240. The molecule has 33 heavy (non-hydrogen) atoms. The minimum atomic E-state index is -0.524. The first kappa shape index (κ1) is 23.5. The van der Waals surface area contributed by atoms with Crippen LogP contribution in [0.15, 0.2) is 34.2 Å². The van der Waals surface area contributed by atoms with E-state index in [1.807, 2.05) is 13.8 Å². The predicted molar refractivity (Wildman–Crippen MR) is 131 cm³/mol. The zero-order chi connectivity index (χ0) is 23.5. The summed E-state index contributed by atoms with van der Waals surface area (Å²) in [5.41, 5.74) is 7.16. The van der Waals surface area contributed by atoms with Crippen LogP contribution in [0.1, 0.15) is 40.6 Å². The minimum absolute atomic E-state index is 0.0243. The summed E-state index contributed by atoms with van der Waals surface area (Å²) in [5.74, 6) is -0.669. The van der Waals surface area contributed by atoms with E-state index in [4.69, 9.17) is 15.5 Å². The Hall–Kier alpha value is -2.69. The highest BCUT2D eigenvalue weighted by atomic mass is 32.2. The molecule has 1 fully saturated rings. The number of thiophene rings is 1. The van der Waals surface area contributed by atoms with Gasteiger partial charge in [0.05, 0.1) is 23.8 Å². The maximum atomic E-state index is 13.5. The molecule has 3 N–H and O–H groups in total. The fourth-order valence-electron chi connectivity index (χ4n) is 3.96. The molecule has 3 aromatic rings. The molecule has 2 aromatic heterocycles. The first-order valence-corrected chi connectivity index (χ1v) is 12.6. The van der Waals surface area contributed by atoms with E-state index < -0.39 is 5.91 Å². The van der Waals surface area contributed by atoms with Crippen molar-refractivity contribution in [1.82, 2.24) is 9.55 Å². The molecule has 0 bridgehead atoms. The lowest BCUT2D eigenvalue weighted by atomic mass is 10.1. The van der Waals surface area contributed by atoms with Crippen LogP contribution in [0.2, 0.25) is 0 Å². The van der Waals surface area contributed by atoms with E-state index in [-0.39, 0.29) is 23.3 Å². The number of ether oxygens (including phenoxy) is 1. The molecule has 1 aromatic carbocycles. The minimum Gasteiger partial charge on any atom is -0.376 e. The maximum Gasteiger partial charge on any atom is 0.263 e. The van der Waals surface area contributed by atoms with Crippen molar-refractivity contribution in [2.45, 2.75) is 50.9 Å². The third-order valence-electron chi connectivity index (χ3n) is 5.63. The number of thioether (sulfide) groups is 1. The molecule has 0 saturated carbocycles. The van der Waals surface area contributed by atoms with Crippen molar-refractivity contribution in [3.8, 4) is 0 Å². The third kappa shape index (κ3) is 5.13. The van der Waals surface area contributed by atoms with E-state index in [9.17, 15) is 14.4 Å². The Kier molecular flexibility index (Phi) is 7.16. The molecule has 3 heterocycles. The maximum absolute atomic E-state index is 13.5. The van der Waals surface area contributed by atoms with Crippen LogP contribution in [0, 0.1) is 6.92 Å². The molecule has 2 amide bonds. The van der Waals surface area contributed by atoms with Gasteiger partial charge in [-0.15, -0.1) is 11.3 Å². The van der Waals surface area contributed by atoms with Crippen LogP contribution in [-0.4, -0.2) is 39.8 Å². The smallest absolute Gasteiger partial charge is 0.263 e. The predicted octanol–water partition coefficient (Wildman–Crippen LogP) is 3.34. The number of benzene rings is 1. The molecule has 4 rings (SSSR count). The van der Waals surface area contributed by atoms with Crippen molar-refractivity contribution >= 4 is 50.8 Å². The number of aryl methyl sites for hydroxylation is 2. The molecule has 0 aliphatic carbocycles. The fraction of sp³-hybridized carbons (Fsp3) is 0.391. The average Bonchev–Trinajstić information content (AvgIpc) is 3.41. The molecule has 10 heteroatoms. The summed E-state index contributed by atoms with van der Waals surface area (Å²) in [6.07, 6.45) is 2.63. The number of carbonyl (C=O) groups excluding carboxylic acids is 2. The molecular weight excluding hydrogens is 460 g/mol. The second-order valence-electron chi connectivity index (χ2n) is 7.89. The highest BCUT2D eigenvalue weighted by Crippen LogP contribution is 2.30. The van der Waals surface area contributed by atoms with E-state index in [1.165, 1.54) is 23.1 Å². The van der Waals surface area contributed by atoms with E-state index in [2.05, 4.69) is 5.32 Å². The van der Waals surface area contributed by atoms with Gasteiger partial charge in [-0.2, -0.15) is 0 Å². The molecule has 0 radical (unpaired) electrons. The highest BCUT2D eigenvalue weighted by Gasteiger charge is 2.23. The molecule has 174 valence electrons. The Morgan fingerprint density at radius 2 is 2.09 bits per heavy atom. The van der Waals surface area contributed by atoms with E-state index >= 15 is 0 Å². The largest absolute Gasteiger partial charge is 0.376 e. The number of aromatic nitrogens is 2. The van der Waals surface area contributed by atoms with Crippen LogP contribution in [-0.2, 0) is 22.5 Å². The first-order chi connectivity index (χ1) is 15.9. The summed E-state index contributed by atoms with van der Waals surface area (Å²) in [5, 5.41) is 4.00. The standard InChI is InChI=1S/C23H26N4O4S2/c1-3-17-13(2)33-21-19(17)22(30)27(11-16-5-4-10-31-16)23(26-21)32-12-18(28)25-15-8-6-14(7-9-15)20(24)29/h6-9,16H,3-5,10-12H2,1-2H3,(H2,24,29)(H,25,28). The summed E-state index contributed by atoms with van der Waals surface area (Å²) in [6.45, 7) is 5.19. The Labute approximate surface area is 199 Å². The molecule has 1 aliphatic rings. The zero-order valence-electron chi connectivity index (χ0n) is 18.6. The number of nitrogens with one attached hydrogen (secondary N) is 1. The highest BCUT2D eigenvalue weighted by molar-refractivity contribution is 7.99. The van der Waals surface area contributed by atoms with Crippen LogP contribution < -0.4 is 16.6 Å². The van der Waals surface area contributed by atoms with Gasteiger partial charge in [-0.25, -0.2) is 4.98 Å². The lowest BCUT2D eigenvalue weighted by molar-refractivity contribution is -0.113. The normalized spacial score (nSPS) is 15.8. The zero-order valence-corrected chi connectivity index (χ0v) is 20.2. The van der Waals surface area contributed by atoms with Gasteiger partial charge in [0.15, 0.2) is 5.16 Å². The number of hydrogen-bond donors (Lipinski definition) is 2. The molecular formula is C23H26N4O4S2. The summed E-state index contributed by atoms with van der Waals surface area (Å²) >= 11 is 2.75. The second-order valence-corrected chi connectivity index (χ2v) is 10.0. The van der Waals surface area contributed by atoms with Crippen molar-refractivity contribution in [3.05, 3.63) is 50.6 Å². The van der Waals surface area contributed by atoms with E-state index in [1.54, 1.807) is 28.8 Å².